The Kier molecular flexibility index (Phi) is 6.02. The maximum atomic E-state index is 11.4. The van der Waals surface area contributed by atoms with Gasteiger partial charge in [0, 0.05) is 0 Å². The van der Waals surface area contributed by atoms with E-state index in [9.17, 15) is 9.59 Å². The molecule has 0 heterocycles. The van der Waals surface area contributed by atoms with Gasteiger partial charge in [-0.3, -0.25) is 4.79 Å². The van der Waals surface area contributed by atoms with E-state index < -0.39 is 5.97 Å². The van der Waals surface area contributed by atoms with Crippen LogP contribution in [0.4, 0.5) is 0 Å². The van der Waals surface area contributed by atoms with Gasteiger partial charge in [0.2, 0.25) is 0 Å². The molecule has 0 radical (unpaired) electrons. The molecule has 1 aromatic carbocycles. The number of esters is 1. The Morgan fingerprint density at radius 3 is 2.79 bits per heavy atom. The van der Waals surface area contributed by atoms with E-state index in [-0.39, 0.29) is 18.4 Å². The molecule has 1 unspecified atom stereocenters. The molecule has 0 fully saturated rings. The SMILES string of the molecule is COC(=O)c1cccc(CC(C)CNCC(=O)O)c1. The van der Waals surface area contributed by atoms with E-state index in [0.717, 1.165) is 12.0 Å². The van der Waals surface area contributed by atoms with Crippen LogP contribution in [0.2, 0.25) is 0 Å². The first-order valence-corrected chi connectivity index (χ1v) is 6.12. The molecule has 0 aliphatic rings. The molecule has 0 aliphatic carbocycles. The van der Waals surface area contributed by atoms with Gasteiger partial charge in [0.1, 0.15) is 0 Å². The highest BCUT2D eigenvalue weighted by Crippen LogP contribution is 2.11. The van der Waals surface area contributed by atoms with E-state index in [0.29, 0.717) is 12.1 Å². The summed E-state index contributed by atoms with van der Waals surface area (Å²) < 4.78 is 4.67. The third-order valence-corrected chi connectivity index (χ3v) is 2.70. The summed E-state index contributed by atoms with van der Waals surface area (Å²) in [5.41, 5.74) is 1.57. The molecule has 1 aromatic rings. The molecule has 0 amide bonds. The zero-order valence-electron chi connectivity index (χ0n) is 11.2. The van der Waals surface area contributed by atoms with Crippen LogP contribution in [-0.4, -0.2) is 37.2 Å². The lowest BCUT2D eigenvalue weighted by atomic mass is 9.99. The average Bonchev–Trinajstić information content (AvgIpc) is 2.37. The van der Waals surface area contributed by atoms with Gasteiger partial charge in [-0.2, -0.15) is 0 Å². The molecule has 0 aromatic heterocycles. The van der Waals surface area contributed by atoms with Crippen molar-refractivity contribution >= 4 is 11.9 Å². The van der Waals surface area contributed by atoms with E-state index in [1.54, 1.807) is 12.1 Å². The number of aliphatic carboxylic acids is 1. The van der Waals surface area contributed by atoms with Crippen LogP contribution >= 0.6 is 0 Å². The fourth-order valence-electron chi connectivity index (χ4n) is 1.84. The van der Waals surface area contributed by atoms with Crippen LogP contribution in [0.25, 0.3) is 0 Å². The Bertz CT molecular complexity index is 445. The highest BCUT2D eigenvalue weighted by molar-refractivity contribution is 5.89. The predicted octanol–water partition coefficient (Wildman–Crippen LogP) is 1.33. The Balaban J connectivity index is 2.52. The van der Waals surface area contributed by atoms with Crippen LogP contribution in [0.3, 0.4) is 0 Å². The number of carbonyl (C=O) groups excluding carboxylic acids is 1. The quantitative estimate of drug-likeness (QED) is 0.727. The van der Waals surface area contributed by atoms with Gasteiger partial charge in [0.25, 0.3) is 0 Å². The lowest BCUT2D eigenvalue weighted by Gasteiger charge is -2.12. The second-order valence-corrected chi connectivity index (χ2v) is 4.53. The number of ether oxygens (including phenoxy) is 1. The first-order valence-electron chi connectivity index (χ1n) is 6.12. The third kappa shape index (κ3) is 5.52. The number of carboxylic acids is 1. The van der Waals surface area contributed by atoms with Gasteiger partial charge in [-0.05, 0) is 36.6 Å². The number of benzene rings is 1. The van der Waals surface area contributed by atoms with Gasteiger partial charge in [-0.25, -0.2) is 4.79 Å². The van der Waals surface area contributed by atoms with E-state index in [1.165, 1.54) is 7.11 Å². The summed E-state index contributed by atoms with van der Waals surface area (Å²) in [5.74, 6) is -0.925. The number of methoxy groups -OCH3 is 1. The van der Waals surface area contributed by atoms with Gasteiger partial charge < -0.3 is 15.2 Å². The van der Waals surface area contributed by atoms with Gasteiger partial charge in [-0.1, -0.05) is 19.1 Å². The molecule has 0 spiro atoms. The largest absolute Gasteiger partial charge is 0.480 e. The smallest absolute Gasteiger partial charge is 0.337 e. The number of nitrogens with one attached hydrogen (secondary N) is 1. The predicted molar refractivity (Wildman–Crippen MR) is 71.2 cm³/mol. The monoisotopic (exact) mass is 265 g/mol. The summed E-state index contributed by atoms with van der Waals surface area (Å²) >= 11 is 0. The maximum absolute atomic E-state index is 11.4. The molecule has 104 valence electrons. The molecule has 0 bridgehead atoms. The highest BCUT2D eigenvalue weighted by atomic mass is 16.5. The number of hydrogen-bond donors (Lipinski definition) is 2. The van der Waals surface area contributed by atoms with Crippen molar-refractivity contribution < 1.29 is 19.4 Å². The van der Waals surface area contributed by atoms with Crippen LogP contribution in [0.1, 0.15) is 22.8 Å². The summed E-state index contributed by atoms with van der Waals surface area (Å²) in [7, 11) is 1.35. The minimum absolute atomic E-state index is 0.0352. The molecular weight excluding hydrogens is 246 g/mol. The minimum atomic E-state index is -0.861. The lowest BCUT2D eigenvalue weighted by molar-refractivity contribution is -0.135. The topological polar surface area (TPSA) is 75.6 Å². The Labute approximate surface area is 112 Å². The van der Waals surface area contributed by atoms with Crippen molar-refractivity contribution in [3.05, 3.63) is 35.4 Å². The summed E-state index contributed by atoms with van der Waals surface area (Å²) in [6.45, 7) is 2.61. The number of hydrogen-bond acceptors (Lipinski definition) is 4. The molecule has 1 atom stereocenters. The average molecular weight is 265 g/mol. The van der Waals surface area contributed by atoms with Crippen molar-refractivity contribution in [1.82, 2.24) is 5.32 Å². The number of carbonyl (C=O) groups is 2. The molecule has 5 nitrogen and oxygen atoms in total. The fourth-order valence-corrected chi connectivity index (χ4v) is 1.84. The van der Waals surface area contributed by atoms with Crippen LogP contribution in [0.5, 0.6) is 0 Å². The summed E-state index contributed by atoms with van der Waals surface area (Å²) in [4.78, 5) is 21.8. The lowest BCUT2D eigenvalue weighted by Crippen LogP contribution is -2.27. The first-order chi connectivity index (χ1) is 9.02. The molecule has 19 heavy (non-hydrogen) atoms. The highest BCUT2D eigenvalue weighted by Gasteiger charge is 2.08. The molecule has 0 saturated heterocycles. The maximum Gasteiger partial charge on any atom is 0.337 e. The first kappa shape index (κ1) is 15.2. The normalized spacial score (nSPS) is 11.9. The Hall–Kier alpha value is -1.88. The molecule has 1 rings (SSSR count). The van der Waals surface area contributed by atoms with Crippen LogP contribution in [0.15, 0.2) is 24.3 Å². The summed E-state index contributed by atoms with van der Waals surface area (Å²) in [6, 6.07) is 7.28. The molecule has 0 aliphatic heterocycles. The third-order valence-electron chi connectivity index (χ3n) is 2.70. The van der Waals surface area contributed by atoms with Crippen LogP contribution in [0, 0.1) is 5.92 Å². The van der Waals surface area contributed by atoms with Crippen molar-refractivity contribution in [1.29, 1.82) is 0 Å². The van der Waals surface area contributed by atoms with E-state index in [1.807, 2.05) is 19.1 Å². The van der Waals surface area contributed by atoms with E-state index >= 15 is 0 Å². The molecule has 5 heteroatoms. The van der Waals surface area contributed by atoms with Crippen LogP contribution in [-0.2, 0) is 16.0 Å². The second kappa shape index (κ2) is 7.53. The van der Waals surface area contributed by atoms with Crippen molar-refractivity contribution in [3.8, 4) is 0 Å². The standard InChI is InChI=1S/C14H19NO4/c1-10(8-15-9-13(16)17)6-11-4-3-5-12(7-11)14(18)19-2/h3-5,7,10,15H,6,8-9H2,1-2H3,(H,16,17). The van der Waals surface area contributed by atoms with Gasteiger partial charge in [0.15, 0.2) is 0 Å². The Morgan fingerprint density at radius 1 is 1.42 bits per heavy atom. The van der Waals surface area contributed by atoms with E-state index in [2.05, 4.69) is 10.1 Å². The van der Waals surface area contributed by atoms with Gasteiger partial charge in [0.05, 0.1) is 19.2 Å². The summed E-state index contributed by atoms with van der Waals surface area (Å²) in [6.07, 6.45) is 0.775. The van der Waals surface area contributed by atoms with E-state index in [4.69, 9.17) is 5.11 Å². The molecule has 2 N–H and O–H groups in total. The van der Waals surface area contributed by atoms with Crippen molar-refractivity contribution in [2.45, 2.75) is 13.3 Å². The van der Waals surface area contributed by atoms with Crippen LogP contribution < -0.4 is 5.32 Å². The number of carboxylic acid groups (broad SMARTS) is 1. The van der Waals surface area contributed by atoms with Crippen molar-refractivity contribution in [3.63, 3.8) is 0 Å². The number of rotatable bonds is 7. The molecular formula is C14H19NO4. The Morgan fingerprint density at radius 2 is 2.16 bits per heavy atom. The zero-order valence-corrected chi connectivity index (χ0v) is 11.2. The van der Waals surface area contributed by atoms with Crippen molar-refractivity contribution in [2.24, 2.45) is 5.92 Å². The van der Waals surface area contributed by atoms with Gasteiger partial charge >= 0.3 is 11.9 Å². The second-order valence-electron chi connectivity index (χ2n) is 4.53. The van der Waals surface area contributed by atoms with Gasteiger partial charge in [-0.15, -0.1) is 0 Å². The van der Waals surface area contributed by atoms with Crippen molar-refractivity contribution in [2.75, 3.05) is 20.2 Å². The zero-order chi connectivity index (χ0) is 14.3. The fraction of sp³-hybridized carbons (Fsp3) is 0.429. The summed E-state index contributed by atoms with van der Waals surface area (Å²) in [5, 5.41) is 11.4. The molecule has 0 saturated carbocycles. The minimum Gasteiger partial charge on any atom is -0.480 e.